The third kappa shape index (κ3) is 4.48. The fourth-order valence-electron chi connectivity index (χ4n) is 4.64. The van der Waals surface area contributed by atoms with E-state index in [9.17, 15) is 4.79 Å². The molecule has 3 heterocycles. The lowest BCUT2D eigenvalue weighted by Crippen LogP contribution is -2.30. The second kappa shape index (κ2) is 9.53. The number of nitrogens with zero attached hydrogens (tertiary/aromatic N) is 4. The Bertz CT molecular complexity index is 1260. The minimum atomic E-state index is -0.294. The van der Waals surface area contributed by atoms with Crippen molar-refractivity contribution in [3.63, 3.8) is 0 Å². The monoisotopic (exact) mass is 459 g/mol. The average molecular weight is 460 g/mol. The van der Waals surface area contributed by atoms with Crippen molar-refractivity contribution in [2.24, 2.45) is 0 Å². The van der Waals surface area contributed by atoms with Crippen molar-refractivity contribution in [1.29, 1.82) is 0 Å². The van der Waals surface area contributed by atoms with E-state index in [0.717, 1.165) is 58.5 Å². The summed E-state index contributed by atoms with van der Waals surface area (Å²) in [6, 6.07) is 18.2. The SMILES string of the molecule is Cc1[nH]c2ccccc2c1C(=O)C(C)Sc1nnc(CN2CCCCC2)n1-c1ccccc1. The van der Waals surface area contributed by atoms with Gasteiger partial charge in [-0.05, 0) is 58.0 Å². The molecule has 4 aromatic rings. The highest BCUT2D eigenvalue weighted by atomic mass is 32.2. The number of piperidine rings is 1. The van der Waals surface area contributed by atoms with Crippen LogP contribution in [0.2, 0.25) is 0 Å². The van der Waals surface area contributed by atoms with E-state index in [4.69, 9.17) is 0 Å². The van der Waals surface area contributed by atoms with Crippen LogP contribution < -0.4 is 0 Å². The number of carbonyl (C=O) groups is 1. The molecule has 7 heteroatoms. The lowest BCUT2D eigenvalue weighted by molar-refractivity contribution is 0.0995. The molecule has 0 bridgehead atoms. The molecule has 6 nitrogen and oxygen atoms in total. The molecular weight excluding hydrogens is 430 g/mol. The van der Waals surface area contributed by atoms with Gasteiger partial charge < -0.3 is 4.98 Å². The number of ketones is 1. The first-order valence-corrected chi connectivity index (χ1v) is 12.5. The Morgan fingerprint density at radius 3 is 2.55 bits per heavy atom. The molecule has 5 rings (SSSR count). The molecule has 33 heavy (non-hydrogen) atoms. The summed E-state index contributed by atoms with van der Waals surface area (Å²) in [4.78, 5) is 19.3. The number of nitrogens with one attached hydrogen (secondary N) is 1. The van der Waals surface area contributed by atoms with Gasteiger partial charge in [-0.15, -0.1) is 10.2 Å². The van der Waals surface area contributed by atoms with Gasteiger partial charge in [-0.3, -0.25) is 14.3 Å². The van der Waals surface area contributed by atoms with E-state index in [1.807, 2.05) is 56.3 Å². The molecule has 1 saturated heterocycles. The van der Waals surface area contributed by atoms with Crippen molar-refractivity contribution >= 4 is 28.4 Å². The molecule has 1 aliphatic rings. The number of benzene rings is 2. The Kier molecular flexibility index (Phi) is 6.33. The largest absolute Gasteiger partial charge is 0.358 e. The first-order chi connectivity index (χ1) is 16.1. The molecule has 1 N–H and O–H groups in total. The third-order valence-corrected chi connectivity index (χ3v) is 7.36. The van der Waals surface area contributed by atoms with E-state index in [1.165, 1.54) is 31.0 Å². The Balaban J connectivity index is 1.45. The number of aromatic nitrogens is 4. The van der Waals surface area contributed by atoms with Crippen molar-refractivity contribution in [3.8, 4) is 5.69 Å². The van der Waals surface area contributed by atoms with E-state index in [0.29, 0.717) is 0 Å². The van der Waals surface area contributed by atoms with Gasteiger partial charge >= 0.3 is 0 Å². The van der Waals surface area contributed by atoms with E-state index in [-0.39, 0.29) is 11.0 Å². The van der Waals surface area contributed by atoms with Gasteiger partial charge in [-0.2, -0.15) is 0 Å². The summed E-state index contributed by atoms with van der Waals surface area (Å²) in [5, 5.41) is 10.5. The fourth-order valence-corrected chi connectivity index (χ4v) is 5.59. The quantitative estimate of drug-likeness (QED) is 0.296. The number of thioether (sulfide) groups is 1. The fraction of sp³-hybridized carbons (Fsp3) is 0.346. The maximum absolute atomic E-state index is 13.5. The summed E-state index contributed by atoms with van der Waals surface area (Å²) >= 11 is 1.48. The Hall–Kier alpha value is -2.90. The smallest absolute Gasteiger partial charge is 0.196 e. The summed E-state index contributed by atoms with van der Waals surface area (Å²) < 4.78 is 2.12. The van der Waals surface area contributed by atoms with Gasteiger partial charge in [0, 0.05) is 27.8 Å². The zero-order chi connectivity index (χ0) is 22.8. The third-order valence-electron chi connectivity index (χ3n) is 6.32. The first-order valence-electron chi connectivity index (χ1n) is 11.6. The van der Waals surface area contributed by atoms with E-state index < -0.39 is 0 Å². The van der Waals surface area contributed by atoms with Gasteiger partial charge in [0.25, 0.3) is 0 Å². The summed E-state index contributed by atoms with van der Waals surface area (Å²) in [6.07, 6.45) is 3.77. The first kappa shape index (κ1) is 21.9. The molecule has 170 valence electrons. The molecule has 0 spiro atoms. The maximum Gasteiger partial charge on any atom is 0.196 e. The number of rotatable bonds is 7. The maximum atomic E-state index is 13.5. The average Bonchev–Trinajstić information content (AvgIpc) is 3.39. The van der Waals surface area contributed by atoms with Gasteiger partial charge in [-0.25, -0.2) is 0 Å². The van der Waals surface area contributed by atoms with Crippen LogP contribution in [0.15, 0.2) is 59.8 Å². The molecule has 1 fully saturated rings. The second-order valence-corrected chi connectivity index (χ2v) is 10.0. The predicted molar refractivity (Wildman–Crippen MR) is 133 cm³/mol. The van der Waals surface area contributed by atoms with E-state index in [2.05, 4.69) is 36.8 Å². The molecule has 0 amide bonds. The van der Waals surface area contributed by atoms with Crippen LogP contribution in [0.5, 0.6) is 0 Å². The van der Waals surface area contributed by atoms with Crippen LogP contribution in [0, 0.1) is 6.92 Å². The van der Waals surface area contributed by atoms with Crippen LogP contribution in [0.1, 0.15) is 48.1 Å². The molecule has 2 aromatic carbocycles. The molecule has 0 radical (unpaired) electrons. The van der Waals surface area contributed by atoms with E-state index >= 15 is 0 Å². The number of likely N-dealkylation sites (tertiary alicyclic amines) is 1. The van der Waals surface area contributed by atoms with Gasteiger partial charge in [0.15, 0.2) is 16.8 Å². The molecule has 2 aromatic heterocycles. The van der Waals surface area contributed by atoms with Crippen molar-refractivity contribution in [2.45, 2.75) is 50.1 Å². The number of para-hydroxylation sites is 2. The summed E-state index contributed by atoms with van der Waals surface area (Å²) in [5.74, 6) is 1.03. The standard InChI is InChI=1S/C26H29N5OS/c1-18-24(21-13-7-8-14-22(21)27-18)25(32)19(2)33-26-29-28-23(17-30-15-9-4-10-16-30)31(26)20-11-5-3-6-12-20/h3,5-8,11-14,19,27H,4,9-10,15-17H2,1-2H3. The van der Waals surface area contributed by atoms with Gasteiger partial charge in [-0.1, -0.05) is 54.6 Å². The number of Topliss-reactive ketones (excluding diaryl/α,β-unsaturated/α-hetero) is 1. The van der Waals surface area contributed by atoms with Gasteiger partial charge in [0.1, 0.15) is 0 Å². The Morgan fingerprint density at radius 1 is 1.03 bits per heavy atom. The number of H-pyrrole nitrogens is 1. The summed E-state index contributed by atoms with van der Waals surface area (Å²) in [7, 11) is 0. The highest BCUT2D eigenvalue weighted by molar-refractivity contribution is 8.00. The normalized spacial score (nSPS) is 15.7. The van der Waals surface area contributed by atoms with Crippen molar-refractivity contribution in [3.05, 3.63) is 71.7 Å². The minimum absolute atomic E-state index is 0.107. The van der Waals surface area contributed by atoms with Crippen LogP contribution in [-0.4, -0.2) is 48.8 Å². The number of carbonyl (C=O) groups excluding carboxylic acids is 1. The zero-order valence-corrected chi connectivity index (χ0v) is 19.9. The van der Waals surface area contributed by atoms with Crippen LogP contribution in [0.3, 0.4) is 0 Å². The lowest BCUT2D eigenvalue weighted by Gasteiger charge is -2.26. The number of aromatic amines is 1. The number of hydrogen-bond donors (Lipinski definition) is 1. The molecule has 0 saturated carbocycles. The zero-order valence-electron chi connectivity index (χ0n) is 19.1. The topological polar surface area (TPSA) is 66.8 Å². The molecular formula is C26H29N5OS. The highest BCUT2D eigenvalue weighted by Crippen LogP contribution is 2.31. The van der Waals surface area contributed by atoms with E-state index in [1.54, 1.807) is 0 Å². The van der Waals surface area contributed by atoms with Crippen LogP contribution in [0.25, 0.3) is 16.6 Å². The number of aryl methyl sites for hydroxylation is 1. The lowest BCUT2D eigenvalue weighted by atomic mass is 10.1. The Labute approximate surface area is 198 Å². The molecule has 1 atom stereocenters. The number of hydrogen-bond acceptors (Lipinski definition) is 5. The second-order valence-electron chi connectivity index (χ2n) is 8.70. The van der Waals surface area contributed by atoms with Gasteiger partial charge in [0.05, 0.1) is 11.8 Å². The Morgan fingerprint density at radius 2 is 1.76 bits per heavy atom. The predicted octanol–water partition coefficient (Wildman–Crippen LogP) is 5.41. The molecule has 1 aliphatic heterocycles. The molecule has 1 unspecified atom stereocenters. The van der Waals surface area contributed by atoms with Crippen molar-refractivity contribution < 1.29 is 4.79 Å². The summed E-state index contributed by atoms with van der Waals surface area (Å²) in [5.41, 5.74) is 3.70. The van der Waals surface area contributed by atoms with Crippen molar-refractivity contribution in [2.75, 3.05) is 13.1 Å². The van der Waals surface area contributed by atoms with Crippen LogP contribution in [0.4, 0.5) is 0 Å². The summed E-state index contributed by atoms with van der Waals surface area (Å²) in [6.45, 7) is 6.89. The highest BCUT2D eigenvalue weighted by Gasteiger charge is 2.26. The number of fused-ring (bicyclic) bond motifs is 1. The van der Waals surface area contributed by atoms with Crippen LogP contribution >= 0.6 is 11.8 Å². The molecule has 0 aliphatic carbocycles. The van der Waals surface area contributed by atoms with Gasteiger partial charge in [0.2, 0.25) is 0 Å². The van der Waals surface area contributed by atoms with Crippen molar-refractivity contribution in [1.82, 2.24) is 24.6 Å². The minimum Gasteiger partial charge on any atom is -0.358 e. The van der Waals surface area contributed by atoms with Crippen LogP contribution in [-0.2, 0) is 6.54 Å².